The molecule has 1 aliphatic carbocycles. The maximum atomic E-state index is 11.8. The van der Waals surface area contributed by atoms with E-state index in [1.807, 2.05) is 27.7 Å². The van der Waals surface area contributed by atoms with Crippen LogP contribution in [0.25, 0.3) is 0 Å². The Morgan fingerprint density at radius 1 is 1.32 bits per heavy atom. The minimum Gasteiger partial charge on any atom is -0.458 e. The maximum absolute atomic E-state index is 11.8. The summed E-state index contributed by atoms with van der Waals surface area (Å²) in [6.07, 6.45) is 4.74. The van der Waals surface area contributed by atoms with E-state index in [4.69, 9.17) is 9.47 Å². The molecule has 4 nitrogen and oxygen atoms in total. The standard InChI is InChI=1S/C15H28O4/c1-5-14(3,6-2)13(17)18-11-12(16)19-15(4)9-7-8-10-15/h13,17H,5-11H2,1-4H3. The van der Waals surface area contributed by atoms with E-state index in [1.165, 1.54) is 0 Å². The van der Waals surface area contributed by atoms with Crippen molar-refractivity contribution >= 4 is 5.97 Å². The lowest BCUT2D eigenvalue weighted by atomic mass is 9.84. The van der Waals surface area contributed by atoms with Crippen molar-refractivity contribution in [3.05, 3.63) is 0 Å². The molecule has 0 aromatic heterocycles. The van der Waals surface area contributed by atoms with E-state index in [-0.39, 0.29) is 23.6 Å². The molecule has 0 radical (unpaired) electrons. The van der Waals surface area contributed by atoms with Gasteiger partial charge in [0.05, 0.1) is 0 Å². The Morgan fingerprint density at radius 2 is 1.84 bits per heavy atom. The first-order chi connectivity index (χ1) is 8.85. The van der Waals surface area contributed by atoms with Crippen LogP contribution in [0, 0.1) is 5.41 Å². The van der Waals surface area contributed by atoms with Crippen LogP contribution in [0.1, 0.15) is 66.2 Å². The van der Waals surface area contributed by atoms with Crippen molar-refractivity contribution in [3.8, 4) is 0 Å². The average Bonchev–Trinajstić information content (AvgIpc) is 2.81. The van der Waals surface area contributed by atoms with Gasteiger partial charge in [0.25, 0.3) is 0 Å². The van der Waals surface area contributed by atoms with Crippen LogP contribution < -0.4 is 0 Å². The first-order valence-electron chi connectivity index (χ1n) is 7.37. The highest BCUT2D eigenvalue weighted by atomic mass is 16.6. The van der Waals surface area contributed by atoms with Crippen LogP contribution in [-0.4, -0.2) is 29.6 Å². The van der Waals surface area contributed by atoms with E-state index in [0.29, 0.717) is 0 Å². The van der Waals surface area contributed by atoms with Crippen molar-refractivity contribution in [2.45, 2.75) is 78.1 Å². The van der Waals surface area contributed by atoms with Gasteiger partial charge in [-0.15, -0.1) is 0 Å². The molecule has 1 saturated carbocycles. The predicted molar refractivity (Wildman–Crippen MR) is 73.6 cm³/mol. The monoisotopic (exact) mass is 272 g/mol. The van der Waals surface area contributed by atoms with Crippen LogP contribution in [-0.2, 0) is 14.3 Å². The lowest BCUT2D eigenvalue weighted by Crippen LogP contribution is -2.37. The molecular weight excluding hydrogens is 244 g/mol. The summed E-state index contributed by atoms with van der Waals surface area (Å²) >= 11 is 0. The molecule has 0 heterocycles. The summed E-state index contributed by atoms with van der Waals surface area (Å²) in [7, 11) is 0. The van der Waals surface area contributed by atoms with E-state index < -0.39 is 6.29 Å². The molecule has 0 amide bonds. The first-order valence-corrected chi connectivity index (χ1v) is 7.37. The first kappa shape index (κ1) is 16.4. The molecule has 0 aliphatic heterocycles. The van der Waals surface area contributed by atoms with E-state index >= 15 is 0 Å². The topological polar surface area (TPSA) is 55.8 Å². The molecule has 4 heteroatoms. The Morgan fingerprint density at radius 3 is 2.32 bits per heavy atom. The van der Waals surface area contributed by atoms with Gasteiger partial charge in [-0.05, 0) is 45.4 Å². The van der Waals surface area contributed by atoms with Gasteiger partial charge in [-0.1, -0.05) is 20.8 Å². The summed E-state index contributed by atoms with van der Waals surface area (Å²) in [5.41, 5.74) is -0.637. The number of ether oxygens (including phenoxy) is 2. The molecule has 0 saturated heterocycles. The molecule has 1 fully saturated rings. The average molecular weight is 272 g/mol. The second kappa shape index (κ2) is 6.71. The Kier molecular flexibility index (Phi) is 5.81. The molecule has 0 spiro atoms. The summed E-state index contributed by atoms with van der Waals surface area (Å²) in [4.78, 5) is 11.8. The molecule has 0 bridgehead atoms. The van der Waals surface area contributed by atoms with Crippen molar-refractivity contribution in [2.24, 2.45) is 5.41 Å². The third kappa shape index (κ3) is 4.46. The fourth-order valence-electron chi connectivity index (χ4n) is 2.48. The fraction of sp³-hybridized carbons (Fsp3) is 0.933. The normalized spacial score (nSPS) is 20.3. The van der Waals surface area contributed by atoms with Gasteiger partial charge in [-0.2, -0.15) is 0 Å². The zero-order valence-corrected chi connectivity index (χ0v) is 12.7. The number of carbonyl (C=O) groups excluding carboxylic acids is 1. The van der Waals surface area contributed by atoms with Crippen molar-refractivity contribution in [3.63, 3.8) is 0 Å². The highest BCUT2D eigenvalue weighted by Crippen LogP contribution is 2.33. The molecule has 0 aromatic carbocycles. The molecule has 0 aromatic rings. The third-order valence-electron chi connectivity index (χ3n) is 4.59. The molecule has 1 rings (SSSR count). The lowest BCUT2D eigenvalue weighted by Gasteiger charge is -2.32. The number of aliphatic hydroxyl groups is 1. The maximum Gasteiger partial charge on any atom is 0.332 e. The Bertz CT molecular complexity index is 291. The minimum absolute atomic E-state index is 0.174. The van der Waals surface area contributed by atoms with Crippen molar-refractivity contribution < 1.29 is 19.4 Å². The smallest absolute Gasteiger partial charge is 0.332 e. The summed E-state index contributed by atoms with van der Waals surface area (Å²) in [6.45, 7) is 7.77. The van der Waals surface area contributed by atoms with Gasteiger partial charge in [0.15, 0.2) is 6.29 Å². The zero-order chi connectivity index (χ0) is 14.5. The van der Waals surface area contributed by atoms with Gasteiger partial charge in [-0.25, -0.2) is 4.79 Å². The summed E-state index contributed by atoms with van der Waals surface area (Å²) < 4.78 is 10.7. The van der Waals surface area contributed by atoms with Crippen LogP contribution in [0.2, 0.25) is 0 Å². The molecule has 1 unspecified atom stereocenters. The van der Waals surface area contributed by atoms with Crippen molar-refractivity contribution in [1.29, 1.82) is 0 Å². The second-order valence-corrected chi connectivity index (χ2v) is 6.16. The van der Waals surface area contributed by atoms with E-state index in [1.54, 1.807) is 0 Å². The van der Waals surface area contributed by atoms with Gasteiger partial charge in [-0.3, -0.25) is 0 Å². The summed E-state index contributed by atoms with van der Waals surface area (Å²) in [5, 5.41) is 10.0. The molecule has 1 aliphatic rings. The third-order valence-corrected chi connectivity index (χ3v) is 4.59. The largest absolute Gasteiger partial charge is 0.458 e. The van der Waals surface area contributed by atoms with Gasteiger partial charge < -0.3 is 14.6 Å². The Hall–Kier alpha value is -0.610. The van der Waals surface area contributed by atoms with Crippen LogP contribution in [0.15, 0.2) is 0 Å². The lowest BCUT2D eigenvalue weighted by molar-refractivity contribution is -0.195. The van der Waals surface area contributed by atoms with Gasteiger partial charge in [0.1, 0.15) is 12.2 Å². The summed E-state index contributed by atoms with van der Waals surface area (Å²) in [6, 6.07) is 0. The Balaban J connectivity index is 2.37. The highest BCUT2D eigenvalue weighted by Gasteiger charge is 2.34. The second-order valence-electron chi connectivity index (χ2n) is 6.16. The number of aliphatic hydroxyl groups excluding tert-OH is 1. The number of carbonyl (C=O) groups is 1. The zero-order valence-electron chi connectivity index (χ0n) is 12.7. The van der Waals surface area contributed by atoms with Gasteiger partial charge in [0, 0.05) is 5.41 Å². The molecule has 1 atom stereocenters. The number of esters is 1. The van der Waals surface area contributed by atoms with Crippen LogP contribution in [0.5, 0.6) is 0 Å². The number of hydrogen-bond acceptors (Lipinski definition) is 4. The van der Waals surface area contributed by atoms with Crippen molar-refractivity contribution in [2.75, 3.05) is 6.61 Å². The summed E-state index contributed by atoms with van der Waals surface area (Å²) in [5.74, 6) is -0.377. The van der Waals surface area contributed by atoms with Crippen LogP contribution >= 0.6 is 0 Å². The quantitative estimate of drug-likeness (QED) is 0.572. The molecule has 112 valence electrons. The fourth-order valence-corrected chi connectivity index (χ4v) is 2.48. The molecule has 1 N–H and O–H groups in total. The van der Waals surface area contributed by atoms with Gasteiger partial charge in [0.2, 0.25) is 0 Å². The van der Waals surface area contributed by atoms with Crippen molar-refractivity contribution in [1.82, 2.24) is 0 Å². The molecule has 19 heavy (non-hydrogen) atoms. The SMILES string of the molecule is CCC(C)(CC)C(O)OCC(=O)OC1(C)CCCC1. The number of hydrogen-bond donors (Lipinski definition) is 1. The van der Waals surface area contributed by atoms with E-state index in [0.717, 1.165) is 38.5 Å². The van der Waals surface area contributed by atoms with Gasteiger partial charge >= 0.3 is 5.97 Å². The van der Waals surface area contributed by atoms with Crippen LogP contribution in [0.3, 0.4) is 0 Å². The van der Waals surface area contributed by atoms with Crippen LogP contribution in [0.4, 0.5) is 0 Å². The Labute approximate surface area is 116 Å². The molecular formula is C15H28O4. The minimum atomic E-state index is -0.925. The van der Waals surface area contributed by atoms with E-state index in [2.05, 4.69) is 0 Å². The predicted octanol–water partition coefficient (Wildman–Crippen LogP) is 3.02. The number of rotatable bonds is 7. The van der Waals surface area contributed by atoms with E-state index in [9.17, 15) is 9.90 Å². The highest BCUT2D eigenvalue weighted by molar-refractivity contribution is 5.71.